The molecule has 0 heterocycles. The molecule has 1 N–H and O–H groups in total. The van der Waals surface area contributed by atoms with E-state index in [1.54, 1.807) is 24.3 Å². The molecule has 0 radical (unpaired) electrons. The molecule has 0 aliphatic heterocycles. The van der Waals surface area contributed by atoms with E-state index >= 15 is 0 Å². The first-order valence-corrected chi connectivity index (χ1v) is 11.3. The molecule has 3 aromatic rings. The first-order valence-electron chi connectivity index (χ1n) is 8.73. The second-order valence-electron chi connectivity index (χ2n) is 6.19. The molecule has 0 unspecified atom stereocenters. The van der Waals surface area contributed by atoms with Crippen LogP contribution in [0.25, 0.3) is 0 Å². The maximum Gasteiger partial charge on any atom is 0.339 e. The monoisotopic (exact) mass is 537 g/mol. The van der Waals surface area contributed by atoms with Gasteiger partial charge in [-0.05, 0) is 70.0 Å². The Morgan fingerprint density at radius 2 is 1.84 bits per heavy atom. The number of benzene rings is 3. The number of nitro benzene ring substituents is 1. The smallest absolute Gasteiger partial charge is 0.339 e. The minimum atomic E-state index is -4.30. The second kappa shape index (κ2) is 9.90. The second-order valence-corrected chi connectivity index (χ2v) is 9.02. The van der Waals surface area contributed by atoms with Crippen molar-refractivity contribution in [2.45, 2.75) is 4.90 Å². The van der Waals surface area contributed by atoms with E-state index in [2.05, 4.69) is 26.5 Å². The molecule has 0 aliphatic carbocycles. The molecule has 32 heavy (non-hydrogen) atoms. The number of carbonyl (C=O) groups is 1. The van der Waals surface area contributed by atoms with Gasteiger partial charge in [-0.25, -0.2) is 5.43 Å². The summed E-state index contributed by atoms with van der Waals surface area (Å²) < 4.78 is 30.3. The van der Waals surface area contributed by atoms with Crippen molar-refractivity contribution in [3.63, 3.8) is 0 Å². The van der Waals surface area contributed by atoms with Crippen LogP contribution < -0.4 is 9.61 Å². The van der Waals surface area contributed by atoms with Gasteiger partial charge >= 0.3 is 10.1 Å². The van der Waals surface area contributed by atoms with Crippen LogP contribution in [0.3, 0.4) is 0 Å². The van der Waals surface area contributed by atoms with Crippen molar-refractivity contribution >= 4 is 55.5 Å². The number of nitrogens with one attached hydrogen (secondary N) is 1. The first kappa shape index (κ1) is 23.4. The van der Waals surface area contributed by atoms with Gasteiger partial charge in [0.15, 0.2) is 5.75 Å². The van der Waals surface area contributed by atoms with Crippen molar-refractivity contribution in [1.29, 1.82) is 0 Å². The molecule has 0 aromatic heterocycles. The fourth-order valence-corrected chi connectivity index (χ4v) is 4.11. The Kier molecular flexibility index (Phi) is 7.23. The fraction of sp³-hybridized carbons (Fsp3) is 0. The van der Waals surface area contributed by atoms with E-state index in [0.717, 1.165) is 6.07 Å². The standard InChI is InChI=1S/C20H13BrClN3O6S/c21-18-10-13(12-23-24-20(26)14-5-7-15(22)8-6-14)4-9-19(18)31-32(29,30)17-3-1-2-16(11-17)25(27)28/h1-12H,(H,24,26)/b23-12-. The van der Waals surface area contributed by atoms with E-state index in [0.29, 0.717) is 20.6 Å². The van der Waals surface area contributed by atoms with E-state index in [4.69, 9.17) is 15.8 Å². The lowest BCUT2D eigenvalue weighted by Gasteiger charge is -2.09. The highest BCUT2D eigenvalue weighted by molar-refractivity contribution is 9.10. The van der Waals surface area contributed by atoms with E-state index in [-0.39, 0.29) is 16.3 Å². The molecule has 9 nitrogen and oxygen atoms in total. The highest BCUT2D eigenvalue weighted by atomic mass is 79.9. The van der Waals surface area contributed by atoms with Gasteiger partial charge in [0.05, 0.1) is 15.6 Å². The Labute approximate surface area is 196 Å². The van der Waals surface area contributed by atoms with Crippen molar-refractivity contribution < 1.29 is 22.3 Å². The number of halogens is 2. The van der Waals surface area contributed by atoms with Crippen LogP contribution in [0, 0.1) is 10.1 Å². The molecule has 0 aliphatic rings. The molecule has 0 saturated carbocycles. The summed E-state index contributed by atoms with van der Waals surface area (Å²) in [5.74, 6) is -0.459. The van der Waals surface area contributed by atoms with Crippen LogP contribution >= 0.6 is 27.5 Å². The molecular formula is C20H13BrClN3O6S. The van der Waals surface area contributed by atoms with Crippen LogP contribution in [0.4, 0.5) is 5.69 Å². The van der Waals surface area contributed by atoms with Crippen molar-refractivity contribution in [1.82, 2.24) is 5.43 Å². The van der Waals surface area contributed by atoms with Crippen LogP contribution in [-0.4, -0.2) is 25.5 Å². The van der Waals surface area contributed by atoms with Crippen molar-refractivity contribution in [2.75, 3.05) is 0 Å². The third-order valence-electron chi connectivity index (χ3n) is 3.96. The van der Waals surface area contributed by atoms with Gasteiger partial charge in [-0.2, -0.15) is 13.5 Å². The Morgan fingerprint density at radius 1 is 1.12 bits per heavy atom. The van der Waals surface area contributed by atoms with E-state index < -0.39 is 20.9 Å². The third kappa shape index (κ3) is 5.90. The van der Waals surface area contributed by atoms with Gasteiger partial charge in [-0.15, -0.1) is 0 Å². The lowest BCUT2D eigenvalue weighted by molar-refractivity contribution is -0.385. The minimum Gasteiger partial charge on any atom is -0.378 e. The quantitative estimate of drug-likeness (QED) is 0.203. The molecule has 0 fully saturated rings. The highest BCUT2D eigenvalue weighted by Crippen LogP contribution is 2.29. The topological polar surface area (TPSA) is 128 Å². The van der Waals surface area contributed by atoms with Crippen molar-refractivity contribution in [2.24, 2.45) is 5.10 Å². The van der Waals surface area contributed by atoms with E-state index in [1.807, 2.05) is 0 Å². The summed E-state index contributed by atoms with van der Waals surface area (Å²) >= 11 is 9.00. The molecular weight excluding hydrogens is 526 g/mol. The fourth-order valence-electron chi connectivity index (χ4n) is 2.42. The summed E-state index contributed by atoms with van der Waals surface area (Å²) in [6, 6.07) is 15.2. The molecule has 0 bridgehead atoms. The summed E-state index contributed by atoms with van der Waals surface area (Å²) in [5, 5.41) is 15.2. The minimum absolute atomic E-state index is 0.0288. The number of nitrogens with zero attached hydrogens (tertiary/aromatic N) is 2. The van der Waals surface area contributed by atoms with Gasteiger partial charge in [0, 0.05) is 22.7 Å². The molecule has 0 spiro atoms. The summed E-state index contributed by atoms with van der Waals surface area (Å²) in [4.78, 5) is 21.8. The average molecular weight is 539 g/mol. The number of amides is 1. The molecule has 12 heteroatoms. The summed E-state index contributed by atoms with van der Waals surface area (Å²) in [6.45, 7) is 0. The molecule has 3 rings (SSSR count). The molecule has 3 aromatic carbocycles. The Balaban J connectivity index is 1.70. The summed E-state index contributed by atoms with van der Waals surface area (Å²) in [7, 11) is -4.30. The Bertz CT molecular complexity index is 1310. The van der Waals surface area contributed by atoms with Gasteiger partial charge in [0.1, 0.15) is 4.90 Å². The predicted octanol–water partition coefficient (Wildman–Crippen LogP) is 4.54. The van der Waals surface area contributed by atoms with Crippen LogP contribution in [0.15, 0.2) is 81.2 Å². The van der Waals surface area contributed by atoms with Crippen LogP contribution in [0.1, 0.15) is 15.9 Å². The SMILES string of the molecule is O=C(N/N=C\c1ccc(OS(=O)(=O)c2cccc([N+](=O)[O-])c2)c(Br)c1)c1ccc(Cl)cc1. The first-order chi connectivity index (χ1) is 15.2. The van der Waals surface area contributed by atoms with Crippen molar-refractivity contribution in [3.05, 3.63) is 97.5 Å². The van der Waals surface area contributed by atoms with Crippen molar-refractivity contribution in [3.8, 4) is 5.75 Å². The van der Waals surface area contributed by atoms with Gasteiger partial charge in [0.25, 0.3) is 11.6 Å². The normalized spacial score (nSPS) is 11.3. The van der Waals surface area contributed by atoms with E-state index in [1.165, 1.54) is 42.6 Å². The van der Waals surface area contributed by atoms with Gasteiger partial charge in [-0.1, -0.05) is 17.7 Å². The lowest BCUT2D eigenvalue weighted by Crippen LogP contribution is -2.17. The number of rotatable bonds is 7. The number of hydrogen-bond acceptors (Lipinski definition) is 7. The number of hydrazone groups is 1. The van der Waals surface area contributed by atoms with Crippen LogP contribution in [0.5, 0.6) is 5.75 Å². The van der Waals surface area contributed by atoms with Crippen LogP contribution in [-0.2, 0) is 10.1 Å². The number of carbonyl (C=O) groups excluding carboxylic acids is 1. The number of hydrogen-bond donors (Lipinski definition) is 1. The molecule has 0 saturated heterocycles. The molecule has 0 atom stereocenters. The average Bonchev–Trinajstić information content (AvgIpc) is 2.76. The number of non-ortho nitro benzene ring substituents is 1. The lowest BCUT2D eigenvalue weighted by atomic mass is 10.2. The predicted molar refractivity (Wildman–Crippen MR) is 122 cm³/mol. The van der Waals surface area contributed by atoms with E-state index in [9.17, 15) is 23.3 Å². The molecule has 1 amide bonds. The number of nitro groups is 1. The van der Waals surface area contributed by atoms with Gasteiger partial charge in [-0.3, -0.25) is 14.9 Å². The maximum absolute atomic E-state index is 12.5. The Morgan fingerprint density at radius 3 is 2.50 bits per heavy atom. The van der Waals surface area contributed by atoms with Gasteiger partial charge < -0.3 is 4.18 Å². The van der Waals surface area contributed by atoms with Crippen LogP contribution in [0.2, 0.25) is 5.02 Å². The highest BCUT2D eigenvalue weighted by Gasteiger charge is 2.21. The third-order valence-corrected chi connectivity index (χ3v) is 6.06. The summed E-state index contributed by atoms with van der Waals surface area (Å²) in [5.41, 5.74) is 2.90. The zero-order valence-corrected chi connectivity index (χ0v) is 19.1. The zero-order chi connectivity index (χ0) is 23.3. The summed E-state index contributed by atoms with van der Waals surface area (Å²) in [6.07, 6.45) is 1.36. The Hall–Kier alpha value is -3.28. The largest absolute Gasteiger partial charge is 0.378 e. The maximum atomic E-state index is 12.5. The zero-order valence-electron chi connectivity index (χ0n) is 15.9. The van der Waals surface area contributed by atoms with Gasteiger partial charge in [0.2, 0.25) is 0 Å². The molecule has 164 valence electrons.